The fraction of sp³-hybridized carbons (Fsp3) is 0.261. The van der Waals surface area contributed by atoms with Gasteiger partial charge in [-0.1, -0.05) is 65.8 Å². The van der Waals surface area contributed by atoms with E-state index in [9.17, 15) is 4.79 Å². The molecule has 1 amide bonds. The van der Waals surface area contributed by atoms with Crippen LogP contribution < -0.4 is 5.32 Å². The van der Waals surface area contributed by atoms with E-state index in [1.54, 1.807) is 6.26 Å². The predicted octanol–water partition coefficient (Wildman–Crippen LogP) is 3.91. The summed E-state index contributed by atoms with van der Waals surface area (Å²) in [6, 6.07) is 20.0. The molecule has 1 saturated heterocycles. The Morgan fingerprint density at radius 2 is 1.93 bits per heavy atom. The molecule has 3 aromatic rings. The van der Waals surface area contributed by atoms with Gasteiger partial charge in [-0.25, -0.2) is 4.98 Å². The summed E-state index contributed by atoms with van der Waals surface area (Å²) in [5.41, 5.74) is 3.50. The van der Waals surface area contributed by atoms with Crippen LogP contribution in [0.2, 0.25) is 0 Å². The number of carbonyl (C=O) groups is 1. The molecule has 2 heterocycles. The Kier molecular flexibility index (Phi) is 6.00. The lowest BCUT2D eigenvalue weighted by atomic mass is 9.84. The number of amides is 1. The van der Waals surface area contributed by atoms with Gasteiger partial charge >= 0.3 is 0 Å². The van der Waals surface area contributed by atoms with Gasteiger partial charge in [0.2, 0.25) is 5.91 Å². The first-order chi connectivity index (χ1) is 14.3. The molecule has 2 aromatic carbocycles. The molecule has 29 heavy (non-hydrogen) atoms. The van der Waals surface area contributed by atoms with Crippen LogP contribution in [0.25, 0.3) is 0 Å². The molecule has 0 saturated carbocycles. The number of oxime groups is 1. The molecule has 0 bridgehead atoms. The van der Waals surface area contributed by atoms with E-state index < -0.39 is 0 Å². The number of benzene rings is 2. The molecule has 4 rings (SSSR count). The van der Waals surface area contributed by atoms with Crippen LogP contribution in [0.5, 0.6) is 0 Å². The minimum absolute atomic E-state index is 0.0604. The maximum Gasteiger partial charge on any atom is 0.220 e. The van der Waals surface area contributed by atoms with Gasteiger partial charge in [0.05, 0.1) is 0 Å². The van der Waals surface area contributed by atoms with Crippen molar-refractivity contribution in [3.05, 3.63) is 90.1 Å². The summed E-state index contributed by atoms with van der Waals surface area (Å²) in [5.74, 6) is 0.274. The fourth-order valence-corrected chi connectivity index (χ4v) is 3.63. The van der Waals surface area contributed by atoms with Gasteiger partial charge in [0.15, 0.2) is 6.39 Å². The van der Waals surface area contributed by atoms with Crippen molar-refractivity contribution < 1.29 is 14.0 Å². The first kappa shape index (κ1) is 18.9. The van der Waals surface area contributed by atoms with Crippen molar-refractivity contribution in [2.75, 3.05) is 6.54 Å². The number of nitrogens with zero attached hydrogens (tertiary/aromatic N) is 2. The van der Waals surface area contributed by atoms with Crippen molar-refractivity contribution in [3.63, 3.8) is 0 Å². The van der Waals surface area contributed by atoms with Crippen LogP contribution in [0.4, 0.5) is 0 Å². The van der Waals surface area contributed by atoms with Crippen molar-refractivity contribution in [1.82, 2.24) is 10.3 Å². The first-order valence-corrected chi connectivity index (χ1v) is 9.73. The standard InChI is InChI=1S/C23H23N3O3/c27-22-12-18(13-24-22)11-20(19-9-5-2-6-10-19)23(21-15-28-16-25-21)26-29-14-17-7-3-1-4-8-17/h1-10,15-16,18,20H,11-14H2,(H,24,27). The summed E-state index contributed by atoms with van der Waals surface area (Å²) in [6.07, 6.45) is 4.27. The lowest BCUT2D eigenvalue weighted by Crippen LogP contribution is -2.20. The molecule has 2 atom stereocenters. The Balaban J connectivity index is 1.62. The first-order valence-electron chi connectivity index (χ1n) is 9.73. The average molecular weight is 389 g/mol. The van der Waals surface area contributed by atoms with Gasteiger partial charge < -0.3 is 14.6 Å². The number of rotatable bonds is 8. The van der Waals surface area contributed by atoms with E-state index in [1.807, 2.05) is 48.5 Å². The van der Waals surface area contributed by atoms with Crippen molar-refractivity contribution in [2.24, 2.45) is 11.1 Å². The second kappa shape index (κ2) is 9.19. The Morgan fingerprint density at radius 3 is 2.59 bits per heavy atom. The number of hydrogen-bond donors (Lipinski definition) is 1. The maximum absolute atomic E-state index is 11.7. The molecule has 148 valence electrons. The molecular weight excluding hydrogens is 366 g/mol. The summed E-state index contributed by atoms with van der Waals surface area (Å²) < 4.78 is 5.22. The summed E-state index contributed by atoms with van der Waals surface area (Å²) in [4.78, 5) is 21.7. The maximum atomic E-state index is 11.7. The largest absolute Gasteiger partial charge is 0.451 e. The minimum atomic E-state index is -0.0604. The van der Waals surface area contributed by atoms with Gasteiger partial charge in [-0.3, -0.25) is 4.79 Å². The molecule has 0 radical (unpaired) electrons. The molecule has 1 aromatic heterocycles. The summed E-state index contributed by atoms with van der Waals surface area (Å²) in [6.45, 7) is 1.05. The van der Waals surface area contributed by atoms with Crippen LogP contribution in [-0.2, 0) is 16.2 Å². The van der Waals surface area contributed by atoms with E-state index in [4.69, 9.17) is 9.25 Å². The van der Waals surface area contributed by atoms with E-state index >= 15 is 0 Å². The van der Waals surface area contributed by atoms with Gasteiger partial charge in [-0.05, 0) is 23.5 Å². The Bertz CT molecular complexity index is 940. The second-order valence-electron chi connectivity index (χ2n) is 7.18. The molecule has 1 aliphatic rings. The van der Waals surface area contributed by atoms with Crippen LogP contribution in [0.15, 0.2) is 82.9 Å². The van der Waals surface area contributed by atoms with E-state index in [-0.39, 0.29) is 17.7 Å². The lowest BCUT2D eigenvalue weighted by molar-refractivity contribution is -0.119. The number of nitrogens with one attached hydrogen (secondary N) is 1. The van der Waals surface area contributed by atoms with Crippen LogP contribution in [-0.4, -0.2) is 23.1 Å². The molecule has 1 fully saturated rings. The van der Waals surface area contributed by atoms with Crippen LogP contribution in [0, 0.1) is 5.92 Å². The van der Waals surface area contributed by atoms with E-state index in [1.165, 1.54) is 6.39 Å². The molecule has 6 heteroatoms. The minimum Gasteiger partial charge on any atom is -0.451 e. The molecule has 1 N–H and O–H groups in total. The fourth-order valence-electron chi connectivity index (χ4n) is 3.63. The molecule has 6 nitrogen and oxygen atoms in total. The third-order valence-electron chi connectivity index (χ3n) is 5.09. The van der Waals surface area contributed by atoms with E-state index in [2.05, 4.69) is 27.6 Å². The monoisotopic (exact) mass is 389 g/mol. The van der Waals surface area contributed by atoms with Gasteiger partial charge in [-0.15, -0.1) is 0 Å². The zero-order chi connectivity index (χ0) is 19.9. The summed E-state index contributed by atoms with van der Waals surface area (Å²) in [7, 11) is 0. The molecule has 1 aliphatic heterocycles. The normalized spacial score (nSPS) is 17.7. The Labute approximate surface area is 169 Å². The van der Waals surface area contributed by atoms with E-state index in [0.717, 1.165) is 17.5 Å². The highest BCUT2D eigenvalue weighted by atomic mass is 16.6. The number of hydrogen-bond acceptors (Lipinski definition) is 5. The molecule has 0 spiro atoms. The predicted molar refractivity (Wildman–Crippen MR) is 109 cm³/mol. The second-order valence-corrected chi connectivity index (χ2v) is 7.18. The van der Waals surface area contributed by atoms with Crippen molar-refractivity contribution in [1.29, 1.82) is 0 Å². The summed E-state index contributed by atoms with van der Waals surface area (Å²) in [5, 5.41) is 7.41. The van der Waals surface area contributed by atoms with Crippen molar-refractivity contribution in [3.8, 4) is 0 Å². The highest BCUT2D eigenvalue weighted by Gasteiger charge is 2.30. The van der Waals surface area contributed by atoms with E-state index in [0.29, 0.717) is 31.0 Å². The molecular formula is C23H23N3O3. The summed E-state index contributed by atoms with van der Waals surface area (Å²) >= 11 is 0. The number of oxazole rings is 1. The topological polar surface area (TPSA) is 76.7 Å². The van der Waals surface area contributed by atoms with Crippen LogP contribution in [0.3, 0.4) is 0 Å². The van der Waals surface area contributed by atoms with Crippen LogP contribution in [0.1, 0.15) is 35.6 Å². The van der Waals surface area contributed by atoms with Gasteiger partial charge in [0.25, 0.3) is 0 Å². The third-order valence-corrected chi connectivity index (χ3v) is 5.09. The van der Waals surface area contributed by atoms with Gasteiger partial charge in [-0.2, -0.15) is 0 Å². The molecule has 2 unspecified atom stereocenters. The highest BCUT2D eigenvalue weighted by molar-refractivity contribution is 6.03. The average Bonchev–Trinajstić information content (AvgIpc) is 3.43. The number of carbonyl (C=O) groups excluding carboxylic acids is 1. The van der Waals surface area contributed by atoms with Gasteiger partial charge in [0, 0.05) is 18.9 Å². The molecule has 0 aliphatic carbocycles. The lowest BCUT2D eigenvalue weighted by Gasteiger charge is -2.21. The van der Waals surface area contributed by atoms with Crippen LogP contribution >= 0.6 is 0 Å². The zero-order valence-electron chi connectivity index (χ0n) is 16.0. The van der Waals surface area contributed by atoms with Crippen molar-refractivity contribution in [2.45, 2.75) is 25.4 Å². The number of aromatic nitrogens is 1. The third kappa shape index (κ3) is 4.90. The van der Waals surface area contributed by atoms with Gasteiger partial charge in [0.1, 0.15) is 24.3 Å². The smallest absolute Gasteiger partial charge is 0.220 e. The Morgan fingerprint density at radius 1 is 1.17 bits per heavy atom. The zero-order valence-corrected chi connectivity index (χ0v) is 16.0. The Hall–Kier alpha value is -3.41. The highest BCUT2D eigenvalue weighted by Crippen LogP contribution is 2.31. The van der Waals surface area contributed by atoms with Crippen molar-refractivity contribution >= 4 is 11.6 Å². The SMILES string of the molecule is O=C1CC(CC(C(=NOCc2ccccc2)c2cocn2)c2ccccc2)CN1. The quantitative estimate of drug-likeness (QED) is 0.468.